The molecule has 1 saturated heterocycles. The fourth-order valence-corrected chi connectivity index (χ4v) is 2.68. The van der Waals surface area contributed by atoms with Crippen LogP contribution in [0.2, 0.25) is 0 Å². The minimum absolute atomic E-state index is 0.0685. The molecule has 1 aliphatic rings. The first kappa shape index (κ1) is 8.21. The van der Waals surface area contributed by atoms with Gasteiger partial charge in [-0.05, 0) is 0 Å². The van der Waals surface area contributed by atoms with Gasteiger partial charge in [-0.25, -0.2) is 0 Å². The molecule has 0 aromatic rings. The van der Waals surface area contributed by atoms with E-state index >= 15 is 0 Å². The highest BCUT2D eigenvalue weighted by molar-refractivity contribution is 8.00. The number of alkyl halides is 1. The Morgan fingerprint density at radius 3 is 3.00 bits per heavy atom. The zero-order chi connectivity index (χ0) is 7.61. The Kier molecular flexibility index (Phi) is 2.47. The molecule has 0 spiro atoms. The van der Waals surface area contributed by atoms with Crippen LogP contribution in [0.1, 0.15) is 6.92 Å². The number of rotatable bonds is 1. The molecule has 0 aromatic carbocycles. The van der Waals surface area contributed by atoms with Gasteiger partial charge in [0, 0.05) is 22.8 Å². The molecule has 0 aromatic heterocycles. The number of halogens is 1. The van der Waals surface area contributed by atoms with E-state index in [2.05, 4.69) is 5.16 Å². The summed E-state index contributed by atoms with van der Waals surface area (Å²) in [6, 6.07) is 0. The first-order valence-corrected chi connectivity index (χ1v) is 4.77. The van der Waals surface area contributed by atoms with Crippen molar-refractivity contribution in [2.24, 2.45) is 10.6 Å². The van der Waals surface area contributed by atoms with Crippen molar-refractivity contribution in [1.29, 1.82) is 0 Å². The smallest absolute Gasteiger partial charge is 0.0748 e. The molecule has 1 aliphatic heterocycles. The lowest BCUT2D eigenvalue weighted by molar-refractivity contribution is 0.312. The van der Waals surface area contributed by atoms with Crippen LogP contribution >= 0.6 is 23.4 Å². The fourth-order valence-electron chi connectivity index (χ4n) is 0.896. The van der Waals surface area contributed by atoms with E-state index in [1.165, 1.54) is 0 Å². The summed E-state index contributed by atoms with van der Waals surface area (Å²) in [6.07, 6.45) is 0. The topological polar surface area (TPSA) is 32.6 Å². The van der Waals surface area contributed by atoms with E-state index in [4.69, 9.17) is 16.8 Å². The molecule has 0 bridgehead atoms. The second-order valence-corrected chi connectivity index (χ2v) is 3.99. The summed E-state index contributed by atoms with van der Waals surface area (Å²) in [5.41, 5.74) is 0.758. The van der Waals surface area contributed by atoms with Crippen LogP contribution < -0.4 is 0 Å². The van der Waals surface area contributed by atoms with E-state index in [1.54, 1.807) is 11.8 Å². The normalized spacial score (nSPS) is 37.2. The minimum atomic E-state index is -0.0685. The van der Waals surface area contributed by atoms with Crippen LogP contribution in [0.15, 0.2) is 5.16 Å². The quantitative estimate of drug-likeness (QED) is 0.378. The number of thioether (sulfide) groups is 1. The van der Waals surface area contributed by atoms with E-state index in [0.29, 0.717) is 5.88 Å². The minimum Gasteiger partial charge on any atom is -0.411 e. The van der Waals surface area contributed by atoms with Crippen LogP contribution in [0.4, 0.5) is 0 Å². The van der Waals surface area contributed by atoms with Crippen molar-refractivity contribution >= 4 is 29.1 Å². The van der Waals surface area contributed by atoms with E-state index in [1.807, 2.05) is 6.92 Å². The van der Waals surface area contributed by atoms with Gasteiger partial charge in [0.2, 0.25) is 0 Å². The summed E-state index contributed by atoms with van der Waals surface area (Å²) in [7, 11) is 0. The second-order valence-electron chi connectivity index (χ2n) is 2.73. The van der Waals surface area contributed by atoms with E-state index < -0.39 is 0 Å². The Morgan fingerprint density at radius 2 is 2.60 bits per heavy atom. The number of hydrogen-bond donors (Lipinski definition) is 1. The van der Waals surface area contributed by atoms with Gasteiger partial charge in [0.15, 0.2) is 0 Å². The molecule has 2 nitrogen and oxygen atoms in total. The van der Waals surface area contributed by atoms with Gasteiger partial charge < -0.3 is 5.21 Å². The largest absolute Gasteiger partial charge is 0.411 e. The number of oxime groups is 1. The molecule has 0 radical (unpaired) electrons. The van der Waals surface area contributed by atoms with E-state index in [0.717, 1.165) is 17.2 Å². The summed E-state index contributed by atoms with van der Waals surface area (Å²) < 4.78 is 0. The average molecular weight is 180 g/mol. The van der Waals surface area contributed by atoms with E-state index in [-0.39, 0.29) is 5.41 Å². The third-order valence-corrected chi connectivity index (χ3v) is 3.68. The molecule has 4 heteroatoms. The lowest BCUT2D eigenvalue weighted by Gasteiger charge is -2.18. The Bertz CT molecular complexity index is 162. The van der Waals surface area contributed by atoms with Crippen molar-refractivity contribution in [1.82, 2.24) is 0 Å². The maximum atomic E-state index is 8.55. The molecule has 1 N–H and O–H groups in total. The number of nitrogens with zero attached hydrogens (tertiary/aromatic N) is 1. The highest BCUT2D eigenvalue weighted by atomic mass is 35.5. The van der Waals surface area contributed by atoms with Gasteiger partial charge in [0.25, 0.3) is 0 Å². The molecule has 0 amide bonds. The first-order chi connectivity index (χ1) is 4.73. The monoisotopic (exact) mass is 179 g/mol. The predicted molar refractivity (Wildman–Crippen MR) is 45.4 cm³/mol. The van der Waals surface area contributed by atoms with Crippen molar-refractivity contribution in [3.63, 3.8) is 0 Å². The van der Waals surface area contributed by atoms with Crippen LogP contribution in [0.5, 0.6) is 0 Å². The highest BCUT2D eigenvalue weighted by Crippen LogP contribution is 2.34. The number of hydrogen-bond acceptors (Lipinski definition) is 3. The summed E-state index contributed by atoms with van der Waals surface area (Å²) in [6.45, 7) is 2.02. The molecule has 1 fully saturated rings. The summed E-state index contributed by atoms with van der Waals surface area (Å²) >= 11 is 7.48. The van der Waals surface area contributed by atoms with Crippen molar-refractivity contribution in [2.75, 3.05) is 17.4 Å². The van der Waals surface area contributed by atoms with Crippen LogP contribution in [0, 0.1) is 5.41 Å². The lowest BCUT2D eigenvalue weighted by Crippen LogP contribution is -2.27. The van der Waals surface area contributed by atoms with Gasteiger partial charge in [-0.15, -0.1) is 11.6 Å². The SMILES string of the molecule is CC1(CCl)CSC/C1=N/O. The van der Waals surface area contributed by atoms with Crippen LogP contribution in [0.3, 0.4) is 0 Å². The molecule has 0 aliphatic carbocycles. The van der Waals surface area contributed by atoms with Crippen LogP contribution in [-0.4, -0.2) is 28.3 Å². The average Bonchev–Trinajstić information content (AvgIpc) is 2.32. The van der Waals surface area contributed by atoms with Gasteiger partial charge in [-0.2, -0.15) is 11.8 Å². The molecule has 58 valence electrons. The lowest BCUT2D eigenvalue weighted by atomic mass is 9.91. The third kappa shape index (κ3) is 1.25. The van der Waals surface area contributed by atoms with Gasteiger partial charge >= 0.3 is 0 Å². The van der Waals surface area contributed by atoms with Crippen molar-refractivity contribution < 1.29 is 5.21 Å². The molecule has 1 atom stereocenters. The maximum Gasteiger partial charge on any atom is 0.0748 e. The molecule has 1 rings (SSSR count). The highest BCUT2D eigenvalue weighted by Gasteiger charge is 2.35. The second kappa shape index (κ2) is 3.01. The van der Waals surface area contributed by atoms with Gasteiger partial charge in [-0.1, -0.05) is 12.1 Å². The fraction of sp³-hybridized carbons (Fsp3) is 0.833. The van der Waals surface area contributed by atoms with Crippen LogP contribution in [-0.2, 0) is 0 Å². The Labute approximate surface area is 69.6 Å². The summed E-state index contributed by atoms with van der Waals surface area (Å²) in [4.78, 5) is 0. The standard InChI is InChI=1S/C6H10ClNOS/c1-6(3-7)4-10-2-5(6)8-9/h9H,2-4H2,1H3/b8-5-. The van der Waals surface area contributed by atoms with Gasteiger partial charge in [0.05, 0.1) is 5.71 Å². The first-order valence-electron chi connectivity index (χ1n) is 3.08. The summed E-state index contributed by atoms with van der Waals surface area (Å²) in [5, 5.41) is 11.8. The Morgan fingerprint density at radius 1 is 1.90 bits per heavy atom. The van der Waals surface area contributed by atoms with Crippen LogP contribution in [0.25, 0.3) is 0 Å². The Balaban J connectivity index is 2.75. The molecular weight excluding hydrogens is 170 g/mol. The van der Waals surface area contributed by atoms with E-state index in [9.17, 15) is 0 Å². The van der Waals surface area contributed by atoms with Crippen molar-refractivity contribution in [3.8, 4) is 0 Å². The van der Waals surface area contributed by atoms with Crippen molar-refractivity contribution in [2.45, 2.75) is 6.92 Å². The molecule has 1 heterocycles. The molecule has 10 heavy (non-hydrogen) atoms. The summed E-state index contributed by atoms with van der Waals surface area (Å²) in [5.74, 6) is 2.33. The third-order valence-electron chi connectivity index (χ3n) is 1.77. The Hall–Kier alpha value is 0.110. The van der Waals surface area contributed by atoms with Crippen molar-refractivity contribution in [3.05, 3.63) is 0 Å². The van der Waals surface area contributed by atoms with Gasteiger partial charge in [-0.3, -0.25) is 0 Å². The molecule has 0 saturated carbocycles. The van der Waals surface area contributed by atoms with Gasteiger partial charge in [0.1, 0.15) is 0 Å². The zero-order valence-electron chi connectivity index (χ0n) is 5.80. The molecule has 1 unspecified atom stereocenters. The maximum absolute atomic E-state index is 8.55. The molecular formula is C6H10ClNOS. The zero-order valence-corrected chi connectivity index (χ0v) is 7.37. The predicted octanol–water partition coefficient (Wildman–Crippen LogP) is 1.81.